The van der Waals surface area contributed by atoms with E-state index in [0.717, 1.165) is 0 Å². The van der Waals surface area contributed by atoms with Crippen LogP contribution < -0.4 is 17.0 Å². The Hall–Kier alpha value is -1.20. The molecule has 11 heavy (non-hydrogen) atoms. The van der Waals surface area contributed by atoms with Crippen molar-refractivity contribution in [2.24, 2.45) is 0 Å². The van der Waals surface area contributed by atoms with E-state index >= 15 is 0 Å². The molecule has 0 radical (unpaired) electrons. The summed E-state index contributed by atoms with van der Waals surface area (Å²) in [5, 5.41) is 8.95. The van der Waals surface area contributed by atoms with E-state index in [4.69, 9.17) is 11.5 Å². The summed E-state index contributed by atoms with van der Waals surface area (Å²) >= 11 is 0. The van der Waals surface area contributed by atoms with Crippen LogP contribution in [0.25, 0.3) is 0 Å². The van der Waals surface area contributed by atoms with Gasteiger partial charge in [0, 0.05) is 6.07 Å². The normalized spacial score (nSPS) is 7.91. The predicted octanol–water partition coefficient (Wildman–Crippen LogP) is -2.68. The second-order valence-corrected chi connectivity index (χ2v) is 1.94. The van der Waals surface area contributed by atoms with Crippen molar-refractivity contribution >= 4 is 0 Å². The lowest BCUT2D eigenvalue weighted by Gasteiger charge is -1.89. The number of aromatic nitrogens is 1. The summed E-state index contributed by atoms with van der Waals surface area (Å²) in [5.74, 6) is 2.70. The van der Waals surface area contributed by atoms with E-state index in [-0.39, 0.29) is 18.2 Å². The highest BCUT2D eigenvalue weighted by atomic mass is 35.5. The van der Waals surface area contributed by atoms with E-state index in [1.165, 1.54) is 0 Å². The Morgan fingerprint density at radius 1 is 1.64 bits per heavy atom. The topological polar surface area (TPSA) is 24.1 Å². The van der Waals surface area contributed by atoms with Crippen molar-refractivity contribution in [2.45, 2.75) is 6.54 Å². The monoisotopic (exact) mass is 169 g/mol. The van der Waals surface area contributed by atoms with Gasteiger partial charge in [-0.2, -0.15) is 4.57 Å². The number of hydrogen-bond acceptors (Lipinski definition) is 1. The first kappa shape index (κ1) is 9.80. The smallest absolute Gasteiger partial charge is 0.211 e. The van der Waals surface area contributed by atoms with Gasteiger partial charge in [0.05, 0.1) is 0 Å². The Labute approximate surface area is 71.9 Å². The first-order valence-electron chi connectivity index (χ1n) is 2.94. The lowest BCUT2D eigenvalue weighted by molar-refractivity contribution is -0.685. The Kier molecular flexibility index (Phi) is 4.09. The average molecular weight is 170 g/mol. The number of hydrogen-bond donors (Lipinski definition) is 1. The number of pyridine rings is 1. The quantitative estimate of drug-likeness (QED) is 0.360. The molecule has 58 valence electrons. The molecule has 1 N–H and O–H groups in total. The first-order chi connectivity index (χ1) is 4.83. The van der Waals surface area contributed by atoms with Crippen LogP contribution in [0.1, 0.15) is 0 Å². The van der Waals surface area contributed by atoms with Gasteiger partial charge in [0.15, 0.2) is 11.9 Å². The van der Waals surface area contributed by atoms with Gasteiger partial charge in [-0.3, -0.25) is 0 Å². The van der Waals surface area contributed by atoms with Gasteiger partial charge in [0.25, 0.3) is 0 Å². The lowest BCUT2D eigenvalue weighted by atomic mass is 10.4. The van der Waals surface area contributed by atoms with E-state index in [1.54, 1.807) is 29.1 Å². The summed E-state index contributed by atoms with van der Waals surface area (Å²) in [7, 11) is 0. The molecule has 0 aromatic carbocycles. The van der Waals surface area contributed by atoms with Gasteiger partial charge < -0.3 is 17.5 Å². The van der Waals surface area contributed by atoms with E-state index in [2.05, 4.69) is 5.92 Å². The van der Waals surface area contributed by atoms with Gasteiger partial charge >= 0.3 is 0 Å². The zero-order valence-electron chi connectivity index (χ0n) is 5.87. The predicted molar refractivity (Wildman–Crippen MR) is 37.1 cm³/mol. The van der Waals surface area contributed by atoms with Gasteiger partial charge in [-0.1, -0.05) is 0 Å². The number of terminal acetylenes is 1. The fraction of sp³-hybridized carbons (Fsp3) is 0.125. The van der Waals surface area contributed by atoms with Crippen LogP contribution in [0.3, 0.4) is 0 Å². The van der Waals surface area contributed by atoms with Crippen molar-refractivity contribution < 1.29 is 22.1 Å². The lowest BCUT2D eigenvalue weighted by Crippen LogP contribution is -3.00. The van der Waals surface area contributed by atoms with Gasteiger partial charge in [-0.25, -0.2) is 0 Å². The van der Waals surface area contributed by atoms with E-state index in [0.29, 0.717) is 6.54 Å². The first-order valence-corrected chi connectivity index (χ1v) is 2.94. The molecule has 0 spiro atoms. The Morgan fingerprint density at radius 3 is 2.91 bits per heavy atom. The van der Waals surface area contributed by atoms with E-state index < -0.39 is 0 Å². The third-order valence-electron chi connectivity index (χ3n) is 1.12. The number of aromatic hydroxyl groups is 1. The van der Waals surface area contributed by atoms with Crippen molar-refractivity contribution in [1.29, 1.82) is 0 Å². The number of rotatable bonds is 1. The van der Waals surface area contributed by atoms with Crippen LogP contribution in [-0.2, 0) is 6.54 Å². The van der Waals surface area contributed by atoms with E-state index in [9.17, 15) is 0 Å². The molecule has 0 atom stereocenters. The molecule has 0 fully saturated rings. The van der Waals surface area contributed by atoms with Gasteiger partial charge in [0.2, 0.25) is 12.7 Å². The molecule has 1 aromatic rings. The van der Waals surface area contributed by atoms with Crippen molar-refractivity contribution in [3.8, 4) is 18.1 Å². The minimum absolute atomic E-state index is 0. The van der Waals surface area contributed by atoms with Gasteiger partial charge in [-0.05, 0) is 12.0 Å². The zero-order valence-corrected chi connectivity index (χ0v) is 6.62. The molecular weight excluding hydrogens is 162 g/mol. The maximum atomic E-state index is 8.95. The molecule has 0 aliphatic rings. The summed E-state index contributed by atoms with van der Waals surface area (Å²) in [4.78, 5) is 0. The second-order valence-electron chi connectivity index (χ2n) is 1.94. The summed E-state index contributed by atoms with van der Waals surface area (Å²) in [6.07, 6.45) is 8.45. The average Bonchev–Trinajstić information content (AvgIpc) is 1.88. The Bertz CT molecular complexity index is 267. The minimum Gasteiger partial charge on any atom is -1.00 e. The molecule has 0 saturated heterocycles. The van der Waals surface area contributed by atoms with Crippen LogP contribution in [-0.4, -0.2) is 5.11 Å². The molecule has 0 aliphatic carbocycles. The van der Waals surface area contributed by atoms with Crippen LogP contribution in [0, 0.1) is 12.3 Å². The standard InChI is InChI=1S/C8H7NO.ClH/c1-2-5-9-6-3-4-8(10)7-9;/h1,3-4,6-7H,5H2;1H. The van der Waals surface area contributed by atoms with Crippen molar-refractivity contribution in [3.63, 3.8) is 0 Å². The molecular formula is C8H8ClNO. The molecule has 1 heterocycles. The number of halogens is 1. The van der Waals surface area contributed by atoms with Crippen molar-refractivity contribution in [3.05, 3.63) is 24.5 Å². The van der Waals surface area contributed by atoms with Crippen LogP contribution in [0.15, 0.2) is 24.5 Å². The molecule has 0 saturated carbocycles. The highest BCUT2D eigenvalue weighted by Gasteiger charge is 1.96. The third-order valence-corrected chi connectivity index (χ3v) is 1.12. The van der Waals surface area contributed by atoms with Gasteiger partial charge in [0.1, 0.15) is 0 Å². The van der Waals surface area contributed by atoms with Crippen molar-refractivity contribution in [2.75, 3.05) is 0 Å². The van der Waals surface area contributed by atoms with Crippen LogP contribution in [0.5, 0.6) is 5.75 Å². The van der Waals surface area contributed by atoms with Crippen molar-refractivity contribution in [1.82, 2.24) is 0 Å². The Morgan fingerprint density at radius 2 is 2.36 bits per heavy atom. The van der Waals surface area contributed by atoms with E-state index in [1.807, 2.05) is 0 Å². The molecule has 2 nitrogen and oxygen atoms in total. The highest BCUT2D eigenvalue weighted by Crippen LogP contribution is 1.99. The molecule has 0 bridgehead atoms. The maximum Gasteiger partial charge on any atom is 0.211 e. The fourth-order valence-electron chi connectivity index (χ4n) is 0.712. The van der Waals surface area contributed by atoms with Gasteiger partial charge in [-0.15, -0.1) is 6.42 Å². The van der Waals surface area contributed by atoms with Crippen LogP contribution >= 0.6 is 0 Å². The SMILES string of the molecule is C#CC[n+]1cccc(O)c1.[Cl-]. The minimum atomic E-state index is 0. The maximum absolute atomic E-state index is 8.95. The fourth-order valence-corrected chi connectivity index (χ4v) is 0.712. The molecule has 0 unspecified atom stereocenters. The summed E-state index contributed by atoms with van der Waals surface area (Å²) in [6.45, 7) is 0.494. The summed E-state index contributed by atoms with van der Waals surface area (Å²) in [5.41, 5.74) is 0. The third kappa shape index (κ3) is 2.92. The summed E-state index contributed by atoms with van der Waals surface area (Å²) < 4.78 is 1.73. The second kappa shape index (κ2) is 4.59. The van der Waals surface area contributed by atoms with Crippen LogP contribution in [0.2, 0.25) is 0 Å². The zero-order chi connectivity index (χ0) is 7.40. The summed E-state index contributed by atoms with van der Waals surface area (Å²) in [6, 6.07) is 3.35. The number of nitrogens with zero attached hydrogens (tertiary/aromatic N) is 1. The largest absolute Gasteiger partial charge is 1.00 e. The molecule has 3 heteroatoms. The Balaban J connectivity index is 0.000001000. The highest BCUT2D eigenvalue weighted by molar-refractivity contribution is 5.09. The molecule has 0 aliphatic heterocycles. The molecule has 1 aromatic heterocycles. The molecule has 0 amide bonds. The van der Waals surface area contributed by atoms with Crippen LogP contribution in [0.4, 0.5) is 0 Å². The molecule has 1 rings (SSSR count).